The standard InChI is InChI=1S/C50H30N4O/c51-31-39-13-5-6-15-40(39)35-24-26-37(27-25-35)48-52-49(54-50(53-48)43-18-8-14-34-12-4-7-16-41(34)43)38-28-29-44-46(30-38)55-45-19-9-17-42(47(44)45)36-22-20-33(21-23-36)32-10-2-1-3-11-32/h1-30H. The lowest BCUT2D eigenvalue weighted by Gasteiger charge is -2.11. The van der Waals surface area contributed by atoms with Gasteiger partial charge in [-0.05, 0) is 68.4 Å². The van der Waals surface area contributed by atoms with Crippen LogP contribution in [0.25, 0.3) is 100 Å². The second kappa shape index (κ2) is 13.4. The number of hydrogen-bond acceptors (Lipinski definition) is 5. The fraction of sp³-hybridized carbons (Fsp3) is 0. The van der Waals surface area contributed by atoms with E-state index in [0.717, 1.165) is 71.7 Å². The summed E-state index contributed by atoms with van der Waals surface area (Å²) in [4.78, 5) is 15.2. The molecule has 10 aromatic rings. The molecule has 2 heterocycles. The van der Waals surface area contributed by atoms with Crippen LogP contribution in [-0.2, 0) is 0 Å². The van der Waals surface area contributed by atoms with E-state index in [1.54, 1.807) is 0 Å². The van der Waals surface area contributed by atoms with Gasteiger partial charge in [0.05, 0.1) is 11.6 Å². The number of fused-ring (bicyclic) bond motifs is 4. The Morgan fingerprint density at radius 3 is 1.76 bits per heavy atom. The second-order valence-electron chi connectivity index (χ2n) is 13.5. The van der Waals surface area contributed by atoms with Gasteiger partial charge in [0, 0.05) is 27.5 Å². The third-order valence-electron chi connectivity index (χ3n) is 10.2. The topological polar surface area (TPSA) is 75.6 Å². The molecule has 256 valence electrons. The lowest BCUT2D eigenvalue weighted by Crippen LogP contribution is -2.00. The van der Waals surface area contributed by atoms with Crippen molar-refractivity contribution in [2.24, 2.45) is 0 Å². The van der Waals surface area contributed by atoms with Crippen molar-refractivity contribution in [3.63, 3.8) is 0 Å². The van der Waals surface area contributed by atoms with E-state index < -0.39 is 0 Å². The highest BCUT2D eigenvalue weighted by Gasteiger charge is 2.18. The van der Waals surface area contributed by atoms with Crippen LogP contribution in [0, 0.1) is 11.3 Å². The zero-order valence-corrected chi connectivity index (χ0v) is 29.5. The first-order valence-electron chi connectivity index (χ1n) is 18.2. The van der Waals surface area contributed by atoms with E-state index in [2.05, 4.69) is 97.1 Å². The summed E-state index contributed by atoms with van der Waals surface area (Å²) in [6.45, 7) is 0. The molecule has 5 heteroatoms. The van der Waals surface area contributed by atoms with Crippen molar-refractivity contribution in [1.29, 1.82) is 5.26 Å². The molecule has 0 spiro atoms. The fourth-order valence-corrected chi connectivity index (χ4v) is 7.48. The average Bonchev–Trinajstić information content (AvgIpc) is 3.65. The summed E-state index contributed by atoms with van der Waals surface area (Å²) >= 11 is 0. The first-order chi connectivity index (χ1) is 27.2. The van der Waals surface area contributed by atoms with E-state index >= 15 is 0 Å². The molecule has 55 heavy (non-hydrogen) atoms. The number of rotatable bonds is 6. The SMILES string of the molecule is N#Cc1ccccc1-c1ccc(-c2nc(-c3ccc4c(c3)oc3cccc(-c5ccc(-c6ccccc6)cc5)c34)nc(-c3cccc4ccccc34)n2)cc1. The van der Waals surface area contributed by atoms with Crippen LogP contribution < -0.4 is 0 Å². The van der Waals surface area contributed by atoms with Gasteiger partial charge in [0.15, 0.2) is 17.5 Å². The molecule has 0 aliphatic carbocycles. The molecule has 0 amide bonds. The van der Waals surface area contributed by atoms with Gasteiger partial charge < -0.3 is 4.42 Å². The van der Waals surface area contributed by atoms with Crippen molar-refractivity contribution >= 4 is 32.7 Å². The minimum atomic E-state index is 0.547. The Bertz CT molecular complexity index is 3080. The van der Waals surface area contributed by atoms with Crippen molar-refractivity contribution in [2.75, 3.05) is 0 Å². The van der Waals surface area contributed by atoms with Crippen LogP contribution in [0.2, 0.25) is 0 Å². The molecule has 0 radical (unpaired) electrons. The number of benzene rings is 8. The van der Waals surface area contributed by atoms with Gasteiger partial charge in [-0.2, -0.15) is 5.26 Å². The van der Waals surface area contributed by atoms with E-state index in [1.807, 2.05) is 91.0 Å². The molecule has 0 bridgehead atoms. The summed E-state index contributed by atoms with van der Waals surface area (Å²) < 4.78 is 6.54. The molecule has 0 N–H and O–H groups in total. The first-order valence-corrected chi connectivity index (χ1v) is 18.2. The molecule has 0 saturated carbocycles. The Balaban J connectivity index is 1.09. The van der Waals surface area contributed by atoms with Gasteiger partial charge in [-0.1, -0.05) is 158 Å². The third kappa shape index (κ3) is 5.79. The smallest absolute Gasteiger partial charge is 0.164 e. The fourth-order valence-electron chi connectivity index (χ4n) is 7.48. The minimum absolute atomic E-state index is 0.547. The van der Waals surface area contributed by atoms with Gasteiger partial charge in [-0.15, -0.1) is 0 Å². The van der Waals surface area contributed by atoms with Crippen LogP contribution >= 0.6 is 0 Å². The van der Waals surface area contributed by atoms with E-state index in [0.29, 0.717) is 23.0 Å². The van der Waals surface area contributed by atoms with Gasteiger partial charge in [0.25, 0.3) is 0 Å². The lowest BCUT2D eigenvalue weighted by atomic mass is 9.96. The van der Waals surface area contributed by atoms with Crippen molar-refractivity contribution < 1.29 is 4.42 Å². The number of nitrogens with zero attached hydrogens (tertiary/aromatic N) is 4. The molecule has 10 rings (SSSR count). The number of furan rings is 1. The van der Waals surface area contributed by atoms with Crippen LogP contribution in [0.1, 0.15) is 5.56 Å². The number of hydrogen-bond donors (Lipinski definition) is 0. The van der Waals surface area contributed by atoms with Crippen LogP contribution in [0.5, 0.6) is 0 Å². The summed E-state index contributed by atoms with van der Waals surface area (Å²) in [5.41, 5.74) is 11.3. The molecule has 0 aliphatic heterocycles. The average molecular weight is 703 g/mol. The lowest BCUT2D eigenvalue weighted by molar-refractivity contribution is 0.669. The van der Waals surface area contributed by atoms with Crippen LogP contribution in [0.3, 0.4) is 0 Å². The number of nitriles is 1. The highest BCUT2D eigenvalue weighted by molar-refractivity contribution is 6.13. The maximum absolute atomic E-state index is 9.70. The summed E-state index contributed by atoms with van der Waals surface area (Å²) in [7, 11) is 0. The Labute approximate surface area is 317 Å². The predicted octanol–water partition coefficient (Wildman–Crippen LogP) is 12.8. The zero-order chi connectivity index (χ0) is 36.7. The zero-order valence-electron chi connectivity index (χ0n) is 29.5. The van der Waals surface area contributed by atoms with Crippen LogP contribution in [-0.4, -0.2) is 15.0 Å². The molecule has 0 unspecified atom stereocenters. The highest BCUT2D eigenvalue weighted by atomic mass is 16.3. The maximum Gasteiger partial charge on any atom is 0.164 e. The summed E-state index contributed by atoms with van der Waals surface area (Å²) in [6.07, 6.45) is 0. The quantitative estimate of drug-likeness (QED) is 0.172. The Hall–Kier alpha value is -7.68. The van der Waals surface area contributed by atoms with Gasteiger partial charge in [-0.3, -0.25) is 0 Å². The predicted molar refractivity (Wildman–Crippen MR) is 222 cm³/mol. The molecule has 5 nitrogen and oxygen atoms in total. The van der Waals surface area contributed by atoms with E-state index in [9.17, 15) is 5.26 Å². The van der Waals surface area contributed by atoms with Gasteiger partial charge >= 0.3 is 0 Å². The Morgan fingerprint density at radius 1 is 0.382 bits per heavy atom. The van der Waals surface area contributed by atoms with E-state index in [-0.39, 0.29) is 0 Å². The van der Waals surface area contributed by atoms with Crippen molar-refractivity contribution in [1.82, 2.24) is 15.0 Å². The van der Waals surface area contributed by atoms with E-state index in [1.165, 1.54) is 11.1 Å². The van der Waals surface area contributed by atoms with Crippen LogP contribution in [0.15, 0.2) is 186 Å². The Morgan fingerprint density at radius 2 is 0.945 bits per heavy atom. The minimum Gasteiger partial charge on any atom is -0.456 e. The second-order valence-corrected chi connectivity index (χ2v) is 13.5. The highest BCUT2D eigenvalue weighted by Crippen LogP contribution is 2.39. The first kappa shape index (κ1) is 32.0. The largest absolute Gasteiger partial charge is 0.456 e. The Kier molecular flexibility index (Phi) is 7.79. The van der Waals surface area contributed by atoms with Gasteiger partial charge in [0.1, 0.15) is 11.2 Å². The van der Waals surface area contributed by atoms with Crippen LogP contribution in [0.4, 0.5) is 0 Å². The van der Waals surface area contributed by atoms with Gasteiger partial charge in [-0.25, -0.2) is 15.0 Å². The van der Waals surface area contributed by atoms with Crippen molar-refractivity contribution in [3.8, 4) is 73.6 Å². The monoisotopic (exact) mass is 702 g/mol. The summed E-state index contributed by atoms with van der Waals surface area (Å²) in [5.74, 6) is 1.69. The maximum atomic E-state index is 9.70. The van der Waals surface area contributed by atoms with Gasteiger partial charge in [0.2, 0.25) is 0 Å². The number of aromatic nitrogens is 3. The summed E-state index contributed by atoms with van der Waals surface area (Å²) in [5, 5.41) is 14.0. The molecule has 8 aromatic carbocycles. The van der Waals surface area contributed by atoms with E-state index in [4.69, 9.17) is 19.4 Å². The normalized spacial score (nSPS) is 11.3. The molecule has 0 fully saturated rings. The van der Waals surface area contributed by atoms with Crippen molar-refractivity contribution in [2.45, 2.75) is 0 Å². The molecular weight excluding hydrogens is 673 g/mol. The molecule has 0 atom stereocenters. The molecule has 0 saturated heterocycles. The molecule has 0 aliphatic rings. The molecule has 2 aromatic heterocycles. The third-order valence-corrected chi connectivity index (χ3v) is 10.2. The van der Waals surface area contributed by atoms with Crippen molar-refractivity contribution in [3.05, 3.63) is 188 Å². The molecular formula is C50H30N4O. The summed E-state index contributed by atoms with van der Waals surface area (Å²) in [6, 6.07) is 64.0.